The molecule has 5 N–H and O–H groups in total. The lowest BCUT2D eigenvalue weighted by Crippen LogP contribution is -2.61. The summed E-state index contributed by atoms with van der Waals surface area (Å²) in [4.78, 5) is 45.7. The van der Waals surface area contributed by atoms with Crippen LogP contribution >= 0.6 is 11.3 Å². The molecule has 1 spiro atoms. The highest BCUT2D eigenvalue weighted by molar-refractivity contribution is 7.09. The average Bonchev–Trinajstić information content (AvgIpc) is 3.53. The number of hydrogen-bond acceptors (Lipinski definition) is 6. The average molecular weight is 587 g/mol. The lowest BCUT2D eigenvalue weighted by molar-refractivity contribution is -0.138. The van der Waals surface area contributed by atoms with E-state index in [0.29, 0.717) is 44.1 Å². The van der Waals surface area contributed by atoms with Crippen LogP contribution in [0.4, 0.5) is 4.79 Å². The summed E-state index contributed by atoms with van der Waals surface area (Å²) < 4.78 is 0. The van der Waals surface area contributed by atoms with Crippen molar-refractivity contribution in [1.29, 1.82) is 0 Å². The monoisotopic (exact) mass is 586 g/mol. The Bertz CT molecular complexity index is 1000. The Balaban J connectivity index is 1.24. The van der Waals surface area contributed by atoms with E-state index in [-0.39, 0.29) is 29.9 Å². The van der Waals surface area contributed by atoms with Crippen molar-refractivity contribution in [2.24, 2.45) is 17.1 Å². The highest BCUT2D eigenvalue weighted by Gasteiger charge is 2.46. The van der Waals surface area contributed by atoms with Gasteiger partial charge in [-0.1, -0.05) is 31.7 Å². The Morgan fingerprint density at radius 3 is 2.46 bits per heavy atom. The van der Waals surface area contributed by atoms with Gasteiger partial charge in [-0.2, -0.15) is 0 Å². The molecule has 4 amide bonds. The van der Waals surface area contributed by atoms with Crippen LogP contribution in [0.3, 0.4) is 0 Å². The van der Waals surface area contributed by atoms with Crippen LogP contribution in [-0.4, -0.2) is 78.5 Å². The zero-order valence-corrected chi connectivity index (χ0v) is 25.4. The number of likely N-dealkylation sites (tertiary alicyclic amines) is 2. The van der Waals surface area contributed by atoms with Crippen LogP contribution in [0.15, 0.2) is 17.5 Å². The van der Waals surface area contributed by atoms with E-state index >= 15 is 0 Å². The second kappa shape index (κ2) is 14.3. The van der Waals surface area contributed by atoms with Crippen molar-refractivity contribution < 1.29 is 14.4 Å². The maximum Gasteiger partial charge on any atom is 0.317 e. The number of amides is 4. The minimum absolute atomic E-state index is 0.0695. The molecule has 9 nitrogen and oxygen atoms in total. The van der Waals surface area contributed by atoms with Gasteiger partial charge in [0, 0.05) is 43.1 Å². The second-order valence-electron chi connectivity index (χ2n) is 12.9. The highest BCUT2D eigenvalue weighted by atomic mass is 32.1. The quantitative estimate of drug-likeness (QED) is 0.296. The first-order valence-electron chi connectivity index (χ1n) is 16.1. The number of nitrogens with zero attached hydrogens (tertiary/aromatic N) is 2. The Labute approximate surface area is 249 Å². The largest absolute Gasteiger partial charge is 0.351 e. The molecule has 4 fully saturated rings. The van der Waals surface area contributed by atoms with Crippen LogP contribution in [0.1, 0.15) is 88.3 Å². The summed E-state index contributed by atoms with van der Waals surface area (Å²) in [5.41, 5.74) is 6.26. The van der Waals surface area contributed by atoms with E-state index in [4.69, 9.17) is 5.73 Å². The van der Waals surface area contributed by atoms with Gasteiger partial charge in [0.1, 0.15) is 0 Å². The molecule has 2 saturated heterocycles. The van der Waals surface area contributed by atoms with Gasteiger partial charge in [0.25, 0.3) is 0 Å². The molecule has 3 heterocycles. The molecule has 3 atom stereocenters. The molecule has 0 bridgehead atoms. The van der Waals surface area contributed by atoms with Crippen LogP contribution in [0.5, 0.6) is 0 Å². The first-order valence-corrected chi connectivity index (χ1v) is 16.9. The Hall–Kier alpha value is -2.17. The van der Waals surface area contributed by atoms with E-state index in [1.165, 1.54) is 32.1 Å². The van der Waals surface area contributed by atoms with Gasteiger partial charge in [0.2, 0.25) is 11.8 Å². The Morgan fingerprint density at radius 1 is 1.00 bits per heavy atom. The summed E-state index contributed by atoms with van der Waals surface area (Å²) >= 11 is 1.61. The summed E-state index contributed by atoms with van der Waals surface area (Å²) in [7, 11) is 0. The summed E-state index contributed by atoms with van der Waals surface area (Å²) in [6.07, 6.45) is 13.8. The number of hydrogen-bond donors (Lipinski definition) is 4. The molecule has 2 aliphatic carbocycles. The lowest BCUT2D eigenvalue weighted by Gasteiger charge is -2.41. The van der Waals surface area contributed by atoms with Gasteiger partial charge in [-0.25, -0.2) is 4.79 Å². The van der Waals surface area contributed by atoms with Gasteiger partial charge in [-0.3, -0.25) is 9.59 Å². The first-order chi connectivity index (χ1) is 20.0. The van der Waals surface area contributed by atoms with E-state index in [9.17, 15) is 14.4 Å². The van der Waals surface area contributed by atoms with Crippen LogP contribution in [-0.2, 0) is 16.1 Å². The molecule has 2 saturated carbocycles. The zero-order valence-electron chi connectivity index (χ0n) is 24.6. The molecule has 10 heteroatoms. The van der Waals surface area contributed by atoms with E-state index in [2.05, 4.69) is 16.0 Å². The molecule has 1 aromatic rings. The van der Waals surface area contributed by atoms with Crippen molar-refractivity contribution in [3.05, 3.63) is 22.4 Å². The van der Waals surface area contributed by atoms with Gasteiger partial charge < -0.3 is 31.5 Å². The maximum absolute atomic E-state index is 13.9. The number of carbonyl (C=O) groups is 3. The fourth-order valence-corrected chi connectivity index (χ4v) is 7.61. The van der Waals surface area contributed by atoms with Crippen molar-refractivity contribution in [3.63, 3.8) is 0 Å². The fraction of sp³-hybridized carbons (Fsp3) is 0.774. The van der Waals surface area contributed by atoms with Crippen molar-refractivity contribution in [1.82, 2.24) is 25.8 Å². The van der Waals surface area contributed by atoms with Crippen molar-refractivity contribution >= 4 is 29.2 Å². The number of thiophene rings is 1. The summed E-state index contributed by atoms with van der Waals surface area (Å²) in [6, 6.07) is 3.73. The third-order valence-electron chi connectivity index (χ3n) is 9.94. The molecule has 2 aliphatic heterocycles. The van der Waals surface area contributed by atoms with Crippen molar-refractivity contribution in [3.8, 4) is 0 Å². The third kappa shape index (κ3) is 8.23. The molecule has 41 heavy (non-hydrogen) atoms. The SMILES string of the molecule is NCCCCC(NC1CCCCC1)C(=O)N1CC[C@@H](NC(=O)N2CCC3(CC2)CC3)[C@@H](C(=O)NCc2cccs2)C1. The number of piperidine rings is 2. The molecular weight excluding hydrogens is 536 g/mol. The second-order valence-corrected chi connectivity index (χ2v) is 13.9. The van der Waals surface area contributed by atoms with Gasteiger partial charge in [0.05, 0.1) is 18.5 Å². The lowest BCUT2D eigenvalue weighted by atomic mass is 9.89. The minimum atomic E-state index is -0.490. The minimum Gasteiger partial charge on any atom is -0.351 e. The number of urea groups is 1. The third-order valence-corrected chi connectivity index (χ3v) is 10.8. The van der Waals surface area contributed by atoms with Gasteiger partial charge in [-0.05, 0) is 81.2 Å². The van der Waals surface area contributed by atoms with Crippen LogP contribution in [0, 0.1) is 11.3 Å². The van der Waals surface area contributed by atoms with Crippen LogP contribution in [0.25, 0.3) is 0 Å². The number of rotatable bonds is 11. The predicted octanol–water partition coefficient (Wildman–Crippen LogP) is 3.59. The molecule has 1 unspecified atom stereocenters. The molecule has 0 aromatic carbocycles. The number of nitrogens with one attached hydrogen (secondary N) is 3. The fourth-order valence-electron chi connectivity index (χ4n) is 6.96. The van der Waals surface area contributed by atoms with Crippen molar-refractivity contribution in [2.75, 3.05) is 32.7 Å². The number of unbranched alkanes of at least 4 members (excludes halogenated alkanes) is 1. The molecule has 1 aromatic heterocycles. The Morgan fingerprint density at radius 2 is 1.78 bits per heavy atom. The summed E-state index contributed by atoms with van der Waals surface area (Å²) in [5.74, 6) is -0.508. The maximum atomic E-state index is 13.9. The van der Waals surface area contributed by atoms with Gasteiger partial charge in [-0.15, -0.1) is 11.3 Å². The molecule has 5 rings (SSSR count). The standard InChI is InChI=1S/C31H50N6O3S/c32-16-5-4-10-27(34-23-7-2-1-3-8-23)29(39)37-17-11-26(25(22-37)28(38)33-21-24-9-6-20-41-24)35-30(40)36-18-14-31(12-13-31)15-19-36/h6,9,20,23,25-27,34H,1-5,7-8,10-19,21-22,32H2,(H,33,38)(H,35,40)/t25-,26+,27?/m0/s1. The molecule has 0 radical (unpaired) electrons. The summed E-state index contributed by atoms with van der Waals surface area (Å²) in [6.45, 7) is 3.52. The van der Waals surface area contributed by atoms with Crippen molar-refractivity contribution in [2.45, 2.75) is 108 Å². The molecule has 228 valence electrons. The van der Waals surface area contributed by atoms with Crippen LogP contribution < -0.4 is 21.7 Å². The van der Waals surface area contributed by atoms with Gasteiger partial charge in [0.15, 0.2) is 0 Å². The summed E-state index contributed by atoms with van der Waals surface area (Å²) in [5, 5.41) is 12.0. The van der Waals surface area contributed by atoms with E-state index in [1.807, 2.05) is 27.3 Å². The van der Waals surface area contributed by atoms with E-state index < -0.39 is 5.92 Å². The van der Waals surface area contributed by atoms with E-state index in [1.54, 1.807) is 11.3 Å². The first kappa shape index (κ1) is 30.3. The zero-order chi connectivity index (χ0) is 28.7. The van der Waals surface area contributed by atoms with E-state index in [0.717, 1.165) is 62.9 Å². The number of nitrogens with two attached hydrogens (primary N) is 1. The normalized spacial score (nSPS) is 25.1. The topological polar surface area (TPSA) is 120 Å². The predicted molar refractivity (Wildman–Crippen MR) is 162 cm³/mol. The molecular formula is C31H50N6O3S. The van der Waals surface area contributed by atoms with Gasteiger partial charge >= 0.3 is 6.03 Å². The smallest absolute Gasteiger partial charge is 0.317 e. The molecule has 4 aliphatic rings. The Kier molecular flexibility index (Phi) is 10.6. The highest BCUT2D eigenvalue weighted by Crippen LogP contribution is 2.53. The number of carbonyl (C=O) groups excluding carboxylic acids is 3. The van der Waals surface area contributed by atoms with Crippen LogP contribution in [0.2, 0.25) is 0 Å².